The predicted octanol–water partition coefficient (Wildman–Crippen LogP) is 14.1. The smallest absolute Gasteiger partial charge is 0.256 e. The third-order valence-electron chi connectivity index (χ3n) is 16.8. The highest BCUT2D eigenvalue weighted by Gasteiger charge is 2.48. The molecule has 0 N–H and O–H groups in total. The summed E-state index contributed by atoms with van der Waals surface area (Å²) in [4.78, 5) is 7.34. The van der Waals surface area contributed by atoms with Gasteiger partial charge in [-0.1, -0.05) is 149 Å². The number of fused-ring (bicyclic) bond motifs is 9. The summed E-state index contributed by atoms with van der Waals surface area (Å²) >= 11 is 0. The van der Waals surface area contributed by atoms with Crippen LogP contribution in [0.5, 0.6) is 34.5 Å². The number of para-hydroxylation sites is 6. The van der Waals surface area contributed by atoms with E-state index >= 15 is 0 Å². The van der Waals surface area contributed by atoms with Crippen LogP contribution in [0, 0.1) is 0 Å². The minimum absolute atomic E-state index is 0.0231. The Hall–Kier alpha value is -8.87. The van der Waals surface area contributed by atoms with E-state index in [0.717, 1.165) is 104 Å². The van der Waals surface area contributed by atoms with Crippen LogP contribution < -0.4 is 61.7 Å². The Labute approximate surface area is 445 Å². The highest BCUT2D eigenvalue weighted by molar-refractivity contribution is 7.02. The summed E-state index contributed by atoms with van der Waals surface area (Å²) in [6.07, 6.45) is 2.25. The highest BCUT2D eigenvalue weighted by Crippen LogP contribution is 2.52. The van der Waals surface area contributed by atoms with E-state index in [4.69, 9.17) is 14.2 Å². The van der Waals surface area contributed by atoms with Gasteiger partial charge in [-0.2, -0.15) is 0 Å². The summed E-state index contributed by atoms with van der Waals surface area (Å²) in [5, 5.41) is 0. The summed E-state index contributed by atoms with van der Waals surface area (Å²) in [5.74, 6) is 4.61. The molecule has 0 saturated heterocycles. The Morgan fingerprint density at radius 2 is 0.803 bits per heavy atom. The van der Waals surface area contributed by atoms with Crippen molar-refractivity contribution in [2.24, 2.45) is 0 Å². The van der Waals surface area contributed by atoms with Crippen LogP contribution in [0.1, 0.15) is 51.7 Å². The minimum Gasteiger partial charge on any atom is -0.458 e. The minimum atomic E-state index is -0.150. The van der Waals surface area contributed by atoms with E-state index in [9.17, 15) is 0 Å². The van der Waals surface area contributed by atoms with Crippen LogP contribution in [0.15, 0.2) is 224 Å². The van der Waals surface area contributed by atoms with Crippen molar-refractivity contribution in [3.63, 3.8) is 0 Å². The van der Waals surface area contributed by atoms with Crippen molar-refractivity contribution >= 4 is 97.4 Å². The first-order valence-electron chi connectivity index (χ1n) is 26.7. The zero-order valence-corrected chi connectivity index (χ0v) is 43.0. The topological polar surface area (TPSA) is 37.4 Å². The van der Waals surface area contributed by atoms with Crippen molar-refractivity contribution in [3.05, 3.63) is 236 Å². The van der Waals surface area contributed by atoms with Gasteiger partial charge in [0.1, 0.15) is 34.5 Å². The largest absolute Gasteiger partial charge is 0.458 e. The molecule has 0 unspecified atom stereocenters. The lowest BCUT2D eigenvalue weighted by molar-refractivity contribution is 0.332. The molecule has 10 aromatic carbocycles. The molecule has 0 saturated carbocycles. The first kappa shape index (κ1) is 44.6. The molecule has 364 valence electrons. The van der Waals surface area contributed by atoms with E-state index in [-0.39, 0.29) is 24.3 Å². The molecule has 0 fully saturated rings. The van der Waals surface area contributed by atoms with Gasteiger partial charge in [-0.05, 0) is 140 Å². The van der Waals surface area contributed by atoms with Crippen LogP contribution in [-0.2, 0) is 10.8 Å². The van der Waals surface area contributed by atoms with Gasteiger partial charge in [0, 0.05) is 81.5 Å². The standard InChI is InChI=1S/C68H53B2N3O3/c1-67(2)35-36-68(3,4)52-37-46(33-34-51(52)67)73-59-43-63-56(70-54-30-18-20-32-58(54)72(45-23-11-6-12-24-45)62-40-50(41-64(76-63)66(62)70)75-48-27-15-8-16-28-48)42-55(59)69-53-29-17-19-31-57(53)71(44-21-9-5-10-22-44)60-38-49(39-61(73)65(60)69)74-47-25-13-7-14-26-47/h5-34,37-43H,35-36H2,1-4H3. The second kappa shape index (κ2) is 16.8. The lowest BCUT2D eigenvalue weighted by Crippen LogP contribution is -2.64. The molecule has 1 aliphatic carbocycles. The second-order valence-corrected chi connectivity index (χ2v) is 22.3. The van der Waals surface area contributed by atoms with Gasteiger partial charge >= 0.3 is 0 Å². The summed E-state index contributed by atoms with van der Waals surface area (Å²) < 4.78 is 21.2. The van der Waals surface area contributed by atoms with Gasteiger partial charge in [-0.3, -0.25) is 0 Å². The molecule has 10 aromatic rings. The molecule has 0 amide bonds. The van der Waals surface area contributed by atoms with E-state index < -0.39 is 0 Å². The molecule has 4 heterocycles. The first-order valence-corrected chi connectivity index (χ1v) is 26.7. The van der Waals surface area contributed by atoms with E-state index in [0.29, 0.717) is 5.75 Å². The van der Waals surface area contributed by atoms with Crippen LogP contribution in [0.4, 0.5) is 51.2 Å². The molecule has 6 nitrogen and oxygen atoms in total. The number of benzene rings is 10. The fourth-order valence-corrected chi connectivity index (χ4v) is 13.2. The molecule has 76 heavy (non-hydrogen) atoms. The summed E-state index contributed by atoms with van der Waals surface area (Å²) in [6.45, 7) is 9.36. The zero-order valence-electron chi connectivity index (χ0n) is 43.0. The Kier molecular flexibility index (Phi) is 9.87. The third kappa shape index (κ3) is 6.89. The molecule has 0 aromatic heterocycles. The first-order chi connectivity index (χ1) is 37.2. The maximum absolute atomic E-state index is 7.48. The molecule has 0 radical (unpaired) electrons. The molecule has 4 aliphatic heterocycles. The second-order valence-electron chi connectivity index (χ2n) is 22.3. The van der Waals surface area contributed by atoms with E-state index in [1.54, 1.807) is 0 Å². The van der Waals surface area contributed by atoms with Crippen LogP contribution >= 0.6 is 0 Å². The average Bonchev–Trinajstić information content (AvgIpc) is 3.58. The molecule has 8 heteroatoms. The number of rotatable bonds is 7. The maximum Gasteiger partial charge on any atom is 0.256 e. The number of anilines is 9. The summed E-state index contributed by atoms with van der Waals surface area (Å²) in [5.41, 5.74) is 19.8. The van der Waals surface area contributed by atoms with Gasteiger partial charge in [0.2, 0.25) is 0 Å². The number of hydrogen-bond donors (Lipinski definition) is 0. The third-order valence-corrected chi connectivity index (χ3v) is 16.8. The van der Waals surface area contributed by atoms with Gasteiger partial charge in [-0.25, -0.2) is 0 Å². The van der Waals surface area contributed by atoms with Crippen LogP contribution in [-0.4, -0.2) is 13.4 Å². The van der Waals surface area contributed by atoms with E-state index in [1.807, 2.05) is 60.7 Å². The highest BCUT2D eigenvalue weighted by atomic mass is 16.5. The Morgan fingerprint density at radius 3 is 1.37 bits per heavy atom. The predicted molar refractivity (Wildman–Crippen MR) is 315 cm³/mol. The van der Waals surface area contributed by atoms with Crippen LogP contribution in [0.3, 0.4) is 0 Å². The Bertz CT molecular complexity index is 3960. The number of hydrogen-bond acceptors (Lipinski definition) is 6. The van der Waals surface area contributed by atoms with Crippen molar-refractivity contribution < 1.29 is 14.2 Å². The SMILES string of the molecule is CC1(C)CCC(C)(C)c2cc(N3c4cc5c(cc4B4c6ccccc6N(c6ccccc6)c6cc(Oc7ccccc7)cc3c64)B3c4ccccc4N(c4ccccc4)c4cc(Oc6ccccc6)cc(c43)O5)ccc21. The van der Waals surface area contributed by atoms with Crippen LogP contribution in [0.2, 0.25) is 0 Å². The van der Waals surface area contributed by atoms with Gasteiger partial charge in [0.15, 0.2) is 0 Å². The molecule has 15 rings (SSSR count). The molecule has 0 spiro atoms. The monoisotopic (exact) mass is 981 g/mol. The summed E-state index contributed by atoms with van der Waals surface area (Å²) in [6, 6.07) is 80.5. The molecule has 0 bridgehead atoms. The zero-order chi connectivity index (χ0) is 50.9. The normalized spacial score (nSPS) is 15.4. The van der Waals surface area contributed by atoms with Crippen molar-refractivity contribution in [2.75, 3.05) is 14.7 Å². The van der Waals surface area contributed by atoms with Crippen molar-refractivity contribution in [2.45, 2.75) is 51.4 Å². The van der Waals surface area contributed by atoms with Gasteiger partial charge < -0.3 is 28.9 Å². The molecular weight excluding hydrogens is 928 g/mol. The van der Waals surface area contributed by atoms with E-state index in [2.05, 4.69) is 206 Å². The quantitative estimate of drug-likeness (QED) is 0.148. The fraction of sp³-hybridized carbons (Fsp3) is 0.118. The van der Waals surface area contributed by atoms with Crippen LogP contribution in [0.25, 0.3) is 0 Å². The maximum atomic E-state index is 7.48. The van der Waals surface area contributed by atoms with Gasteiger partial charge in [0.05, 0.1) is 0 Å². The van der Waals surface area contributed by atoms with Crippen molar-refractivity contribution in [1.29, 1.82) is 0 Å². The van der Waals surface area contributed by atoms with Gasteiger partial charge in [-0.15, -0.1) is 0 Å². The molecular formula is C68H53B2N3O3. The van der Waals surface area contributed by atoms with E-state index in [1.165, 1.54) is 33.0 Å². The number of ether oxygens (including phenoxy) is 3. The van der Waals surface area contributed by atoms with Gasteiger partial charge in [0.25, 0.3) is 13.4 Å². The van der Waals surface area contributed by atoms with Crippen molar-refractivity contribution in [3.8, 4) is 34.5 Å². The molecule has 0 atom stereocenters. The Morgan fingerprint density at radius 1 is 0.342 bits per heavy atom. The Balaban J connectivity index is 1.02. The lowest BCUT2D eigenvalue weighted by Gasteiger charge is -2.46. The fourth-order valence-electron chi connectivity index (χ4n) is 13.2. The average molecular weight is 982 g/mol. The van der Waals surface area contributed by atoms with Crippen molar-refractivity contribution in [1.82, 2.24) is 0 Å². The lowest BCUT2D eigenvalue weighted by atomic mass is 9.30. The molecule has 5 aliphatic rings. The number of nitrogens with zero attached hydrogens (tertiary/aromatic N) is 3. The summed E-state index contributed by atoms with van der Waals surface area (Å²) in [7, 11) is 0.